The summed E-state index contributed by atoms with van der Waals surface area (Å²) in [4.78, 5) is 19.2. The molecule has 0 aliphatic carbocycles. The van der Waals surface area contributed by atoms with Gasteiger partial charge in [0.25, 0.3) is 5.91 Å². The van der Waals surface area contributed by atoms with Crippen molar-refractivity contribution in [1.29, 1.82) is 0 Å². The molecule has 0 fully saturated rings. The third-order valence-electron chi connectivity index (χ3n) is 3.43. The van der Waals surface area contributed by atoms with Crippen molar-refractivity contribution in [3.05, 3.63) is 53.4 Å². The summed E-state index contributed by atoms with van der Waals surface area (Å²) < 4.78 is 14.7. The standard InChI is InChI=1S/C16H15FN4OS/c1-3-20(2)16(22)14-18-15(13-5-4-10-23-13)21(19-14)12-8-6-11(17)7-9-12/h4-10H,3H2,1-2H3. The van der Waals surface area contributed by atoms with Crippen LogP contribution in [0.2, 0.25) is 0 Å². The SMILES string of the molecule is CCN(C)C(=O)c1nc(-c2cccs2)n(-c2ccc(F)cc2)n1. The molecule has 0 atom stereocenters. The zero-order valence-electron chi connectivity index (χ0n) is 12.7. The molecular weight excluding hydrogens is 315 g/mol. The highest BCUT2D eigenvalue weighted by atomic mass is 32.1. The van der Waals surface area contributed by atoms with Crippen LogP contribution in [0.25, 0.3) is 16.4 Å². The quantitative estimate of drug-likeness (QED) is 0.738. The molecule has 0 saturated heterocycles. The third kappa shape index (κ3) is 3.00. The van der Waals surface area contributed by atoms with Crippen LogP contribution in [0.15, 0.2) is 41.8 Å². The van der Waals surface area contributed by atoms with E-state index >= 15 is 0 Å². The van der Waals surface area contributed by atoms with E-state index < -0.39 is 0 Å². The number of carbonyl (C=O) groups excluding carboxylic acids is 1. The van der Waals surface area contributed by atoms with Crippen molar-refractivity contribution in [1.82, 2.24) is 19.7 Å². The lowest BCUT2D eigenvalue weighted by molar-refractivity contribution is 0.0790. The Morgan fingerprint density at radius 2 is 2.04 bits per heavy atom. The van der Waals surface area contributed by atoms with Gasteiger partial charge in [0.2, 0.25) is 5.82 Å². The molecule has 3 rings (SSSR count). The van der Waals surface area contributed by atoms with Crippen LogP contribution >= 0.6 is 11.3 Å². The van der Waals surface area contributed by atoms with Gasteiger partial charge in [-0.3, -0.25) is 4.79 Å². The number of carbonyl (C=O) groups is 1. The highest BCUT2D eigenvalue weighted by molar-refractivity contribution is 7.13. The van der Waals surface area contributed by atoms with Crippen molar-refractivity contribution < 1.29 is 9.18 Å². The molecule has 1 amide bonds. The number of thiophene rings is 1. The van der Waals surface area contributed by atoms with Gasteiger partial charge in [0, 0.05) is 13.6 Å². The second kappa shape index (κ2) is 6.29. The number of hydrogen-bond acceptors (Lipinski definition) is 4. The van der Waals surface area contributed by atoms with Gasteiger partial charge >= 0.3 is 0 Å². The molecule has 7 heteroatoms. The Morgan fingerprint density at radius 1 is 1.30 bits per heavy atom. The Morgan fingerprint density at radius 3 is 2.65 bits per heavy atom. The molecule has 0 bridgehead atoms. The van der Waals surface area contributed by atoms with Crippen molar-refractivity contribution in [3.8, 4) is 16.4 Å². The summed E-state index contributed by atoms with van der Waals surface area (Å²) in [7, 11) is 1.70. The van der Waals surface area contributed by atoms with Gasteiger partial charge in [-0.2, -0.15) is 0 Å². The van der Waals surface area contributed by atoms with Crippen molar-refractivity contribution in [3.63, 3.8) is 0 Å². The van der Waals surface area contributed by atoms with E-state index in [0.29, 0.717) is 18.1 Å². The largest absolute Gasteiger partial charge is 0.339 e. The Labute approximate surface area is 137 Å². The molecule has 0 saturated carbocycles. The van der Waals surface area contributed by atoms with Crippen LogP contribution in [0.4, 0.5) is 4.39 Å². The summed E-state index contributed by atoms with van der Waals surface area (Å²) in [5.41, 5.74) is 0.653. The smallest absolute Gasteiger partial charge is 0.293 e. The number of benzene rings is 1. The molecule has 0 aliphatic heterocycles. The Hall–Kier alpha value is -2.54. The van der Waals surface area contributed by atoms with E-state index in [1.165, 1.54) is 23.5 Å². The lowest BCUT2D eigenvalue weighted by atomic mass is 10.3. The van der Waals surface area contributed by atoms with Crippen LogP contribution in [0, 0.1) is 5.82 Å². The number of halogens is 1. The Bertz CT molecular complexity index is 811. The van der Waals surface area contributed by atoms with E-state index in [1.54, 1.807) is 28.8 Å². The molecule has 0 aliphatic rings. The predicted molar refractivity (Wildman–Crippen MR) is 87.3 cm³/mol. The van der Waals surface area contributed by atoms with Crippen molar-refractivity contribution >= 4 is 17.2 Å². The van der Waals surface area contributed by atoms with E-state index in [-0.39, 0.29) is 17.5 Å². The predicted octanol–water partition coefficient (Wildman–Crippen LogP) is 3.23. The minimum atomic E-state index is -0.325. The van der Waals surface area contributed by atoms with Crippen LogP contribution in [-0.4, -0.2) is 39.2 Å². The summed E-state index contributed by atoms with van der Waals surface area (Å²) in [6.07, 6.45) is 0. The molecule has 0 radical (unpaired) electrons. The molecule has 0 N–H and O–H groups in total. The fourth-order valence-electron chi connectivity index (χ4n) is 2.04. The number of hydrogen-bond donors (Lipinski definition) is 0. The Balaban J connectivity index is 2.11. The van der Waals surface area contributed by atoms with Crippen LogP contribution in [-0.2, 0) is 0 Å². The van der Waals surface area contributed by atoms with Gasteiger partial charge in [-0.1, -0.05) is 6.07 Å². The lowest BCUT2D eigenvalue weighted by Gasteiger charge is -2.10. The number of nitrogens with zero attached hydrogens (tertiary/aromatic N) is 4. The maximum Gasteiger partial charge on any atom is 0.293 e. The highest BCUT2D eigenvalue weighted by Crippen LogP contribution is 2.25. The summed E-state index contributed by atoms with van der Waals surface area (Å²) in [6.45, 7) is 2.45. The van der Waals surface area contributed by atoms with Crippen LogP contribution in [0.1, 0.15) is 17.5 Å². The van der Waals surface area contributed by atoms with Crippen LogP contribution in [0.5, 0.6) is 0 Å². The average molecular weight is 330 g/mol. The summed E-state index contributed by atoms with van der Waals surface area (Å²) in [6, 6.07) is 9.75. The van der Waals surface area contributed by atoms with Gasteiger partial charge in [-0.15, -0.1) is 16.4 Å². The van der Waals surface area contributed by atoms with Gasteiger partial charge in [0.05, 0.1) is 10.6 Å². The van der Waals surface area contributed by atoms with Gasteiger partial charge in [-0.25, -0.2) is 14.1 Å². The molecule has 118 valence electrons. The molecule has 1 aromatic carbocycles. The van der Waals surface area contributed by atoms with Crippen LogP contribution < -0.4 is 0 Å². The second-order valence-corrected chi connectivity index (χ2v) is 5.89. The third-order valence-corrected chi connectivity index (χ3v) is 4.30. The van der Waals surface area contributed by atoms with Gasteiger partial charge in [-0.05, 0) is 42.6 Å². The first-order chi connectivity index (χ1) is 11.1. The summed E-state index contributed by atoms with van der Waals surface area (Å²) >= 11 is 1.50. The van der Waals surface area contributed by atoms with Gasteiger partial charge < -0.3 is 4.90 Å². The molecule has 23 heavy (non-hydrogen) atoms. The highest BCUT2D eigenvalue weighted by Gasteiger charge is 2.21. The maximum atomic E-state index is 13.2. The van der Waals surface area contributed by atoms with Crippen molar-refractivity contribution in [2.45, 2.75) is 6.92 Å². The van der Waals surface area contributed by atoms with Crippen LogP contribution in [0.3, 0.4) is 0 Å². The molecule has 3 aromatic rings. The molecule has 0 unspecified atom stereocenters. The average Bonchev–Trinajstić information content (AvgIpc) is 3.23. The zero-order valence-corrected chi connectivity index (χ0v) is 13.5. The van der Waals surface area contributed by atoms with Gasteiger partial charge in [0.15, 0.2) is 5.82 Å². The molecule has 2 aromatic heterocycles. The first kappa shape index (κ1) is 15.4. The number of amides is 1. The fraction of sp³-hybridized carbons (Fsp3) is 0.188. The molecule has 0 spiro atoms. The topological polar surface area (TPSA) is 51.0 Å². The minimum absolute atomic E-state index is 0.127. The Kier molecular flexibility index (Phi) is 4.20. The fourth-order valence-corrected chi connectivity index (χ4v) is 2.74. The number of rotatable bonds is 4. The van der Waals surface area contributed by atoms with Crippen molar-refractivity contribution in [2.24, 2.45) is 0 Å². The summed E-state index contributed by atoms with van der Waals surface area (Å²) in [5.74, 6) is 0.126. The van der Waals surface area contributed by atoms with E-state index in [1.807, 2.05) is 24.4 Å². The normalized spacial score (nSPS) is 10.7. The van der Waals surface area contributed by atoms with E-state index in [4.69, 9.17) is 0 Å². The maximum absolute atomic E-state index is 13.2. The summed E-state index contributed by atoms with van der Waals surface area (Å²) in [5, 5.41) is 6.26. The molecule has 5 nitrogen and oxygen atoms in total. The first-order valence-electron chi connectivity index (χ1n) is 7.12. The molecular formula is C16H15FN4OS. The number of aromatic nitrogens is 3. The minimum Gasteiger partial charge on any atom is -0.339 e. The molecule has 2 heterocycles. The second-order valence-electron chi connectivity index (χ2n) is 4.94. The van der Waals surface area contributed by atoms with Gasteiger partial charge in [0.1, 0.15) is 5.82 Å². The van der Waals surface area contributed by atoms with E-state index in [0.717, 1.165) is 4.88 Å². The zero-order chi connectivity index (χ0) is 16.4. The van der Waals surface area contributed by atoms with E-state index in [2.05, 4.69) is 10.1 Å². The first-order valence-corrected chi connectivity index (χ1v) is 8.00. The van der Waals surface area contributed by atoms with E-state index in [9.17, 15) is 9.18 Å². The lowest BCUT2D eigenvalue weighted by Crippen LogP contribution is -2.27. The van der Waals surface area contributed by atoms with Crippen molar-refractivity contribution in [2.75, 3.05) is 13.6 Å². The monoisotopic (exact) mass is 330 g/mol.